The first-order valence-corrected chi connectivity index (χ1v) is 12.1. The molecule has 4 heteroatoms. The zero-order valence-corrected chi connectivity index (χ0v) is 18.6. The van der Waals surface area contributed by atoms with Crippen LogP contribution in [-0.4, -0.2) is 35.5 Å². The highest BCUT2D eigenvalue weighted by Crippen LogP contribution is 2.14. The van der Waals surface area contributed by atoms with E-state index in [0.717, 1.165) is 12.8 Å². The fraction of sp³-hybridized carbons (Fsp3) is 0.958. The van der Waals surface area contributed by atoms with Gasteiger partial charge in [-0.1, -0.05) is 116 Å². The van der Waals surface area contributed by atoms with Gasteiger partial charge in [0.1, 0.15) is 12.7 Å². The number of rotatable bonds is 22. The van der Waals surface area contributed by atoms with Gasteiger partial charge in [0, 0.05) is 6.42 Å². The van der Waals surface area contributed by atoms with Gasteiger partial charge in [-0.05, 0) is 6.42 Å². The van der Waals surface area contributed by atoms with E-state index in [9.17, 15) is 4.79 Å². The van der Waals surface area contributed by atoms with E-state index in [4.69, 9.17) is 14.9 Å². The van der Waals surface area contributed by atoms with Crippen LogP contribution in [-0.2, 0) is 9.53 Å². The fourth-order valence-corrected chi connectivity index (χ4v) is 3.49. The summed E-state index contributed by atoms with van der Waals surface area (Å²) in [4.78, 5) is 11.4. The van der Waals surface area contributed by atoms with E-state index in [2.05, 4.69) is 6.92 Å². The summed E-state index contributed by atoms with van der Waals surface area (Å²) in [6.45, 7) is 1.80. The molecular formula is C24H48O4. The molecule has 0 aromatic rings. The second kappa shape index (κ2) is 22.7. The topological polar surface area (TPSA) is 66.8 Å². The average molecular weight is 401 g/mol. The number of esters is 1. The smallest absolute Gasteiger partial charge is 0.305 e. The van der Waals surface area contributed by atoms with E-state index < -0.39 is 6.10 Å². The average Bonchev–Trinajstić information content (AvgIpc) is 2.71. The molecule has 0 saturated carbocycles. The van der Waals surface area contributed by atoms with Crippen LogP contribution in [0.4, 0.5) is 0 Å². The van der Waals surface area contributed by atoms with E-state index in [1.165, 1.54) is 103 Å². The molecule has 168 valence electrons. The quantitative estimate of drug-likeness (QED) is 0.165. The minimum atomic E-state index is -0.954. The molecule has 0 radical (unpaired) electrons. The molecule has 28 heavy (non-hydrogen) atoms. The van der Waals surface area contributed by atoms with Crippen molar-refractivity contribution in [1.29, 1.82) is 0 Å². The summed E-state index contributed by atoms with van der Waals surface area (Å²) in [7, 11) is 0. The molecule has 4 nitrogen and oxygen atoms in total. The number of aliphatic hydroxyl groups is 2. The van der Waals surface area contributed by atoms with Crippen molar-refractivity contribution in [2.45, 2.75) is 135 Å². The molecule has 0 bridgehead atoms. The maximum absolute atomic E-state index is 11.4. The van der Waals surface area contributed by atoms with Crippen LogP contribution in [0.3, 0.4) is 0 Å². The van der Waals surface area contributed by atoms with Crippen LogP contribution in [0.15, 0.2) is 0 Å². The SMILES string of the molecule is CCCCCCCCCCCCCCCCCCCCC(=O)OC[C@@H](O)CO. The van der Waals surface area contributed by atoms with E-state index in [0.29, 0.717) is 6.42 Å². The highest BCUT2D eigenvalue weighted by molar-refractivity contribution is 5.69. The van der Waals surface area contributed by atoms with E-state index in [1.807, 2.05) is 0 Å². The Morgan fingerprint density at radius 2 is 1.04 bits per heavy atom. The third kappa shape index (κ3) is 21.7. The van der Waals surface area contributed by atoms with Crippen molar-refractivity contribution in [3.63, 3.8) is 0 Å². The summed E-state index contributed by atoms with van der Waals surface area (Å²) < 4.78 is 4.88. The van der Waals surface area contributed by atoms with E-state index in [1.54, 1.807) is 0 Å². The molecule has 1 atom stereocenters. The Morgan fingerprint density at radius 1 is 0.679 bits per heavy atom. The van der Waals surface area contributed by atoms with Crippen molar-refractivity contribution in [3.05, 3.63) is 0 Å². The third-order valence-electron chi connectivity index (χ3n) is 5.38. The highest BCUT2D eigenvalue weighted by atomic mass is 16.5. The maximum atomic E-state index is 11.4. The molecule has 0 fully saturated rings. The molecule has 0 spiro atoms. The Hall–Kier alpha value is -0.610. The lowest BCUT2D eigenvalue weighted by Crippen LogP contribution is -2.21. The van der Waals surface area contributed by atoms with Crippen LogP contribution in [0.2, 0.25) is 0 Å². The summed E-state index contributed by atoms with van der Waals surface area (Å²) in [6.07, 6.45) is 23.4. The zero-order valence-electron chi connectivity index (χ0n) is 18.6. The molecule has 0 aromatic heterocycles. The highest BCUT2D eigenvalue weighted by Gasteiger charge is 2.07. The Labute approximate surface area is 174 Å². The molecule has 0 aliphatic carbocycles. The third-order valence-corrected chi connectivity index (χ3v) is 5.38. The monoisotopic (exact) mass is 400 g/mol. The van der Waals surface area contributed by atoms with Gasteiger partial charge in [0.05, 0.1) is 6.61 Å². The first kappa shape index (κ1) is 27.4. The van der Waals surface area contributed by atoms with Gasteiger partial charge >= 0.3 is 5.97 Å². The largest absolute Gasteiger partial charge is 0.463 e. The first-order chi connectivity index (χ1) is 13.7. The van der Waals surface area contributed by atoms with Gasteiger partial charge in [0.2, 0.25) is 0 Å². The van der Waals surface area contributed by atoms with Crippen LogP contribution >= 0.6 is 0 Å². The number of aliphatic hydroxyl groups excluding tert-OH is 2. The molecule has 0 amide bonds. The Morgan fingerprint density at radius 3 is 1.39 bits per heavy atom. The number of carbonyl (C=O) groups excluding carboxylic acids is 1. The summed E-state index contributed by atoms with van der Waals surface area (Å²) >= 11 is 0. The Bertz CT molecular complexity index is 320. The molecule has 0 unspecified atom stereocenters. The fourth-order valence-electron chi connectivity index (χ4n) is 3.49. The number of ether oxygens (including phenoxy) is 1. The van der Waals surface area contributed by atoms with Crippen molar-refractivity contribution in [2.75, 3.05) is 13.2 Å². The Balaban J connectivity index is 3.11. The van der Waals surface area contributed by atoms with Crippen molar-refractivity contribution in [1.82, 2.24) is 0 Å². The van der Waals surface area contributed by atoms with Gasteiger partial charge in [-0.25, -0.2) is 0 Å². The van der Waals surface area contributed by atoms with Crippen molar-refractivity contribution >= 4 is 5.97 Å². The van der Waals surface area contributed by atoms with Crippen molar-refractivity contribution in [3.8, 4) is 0 Å². The second-order valence-corrected chi connectivity index (χ2v) is 8.28. The minimum absolute atomic E-state index is 0.103. The molecule has 0 aliphatic heterocycles. The molecule has 0 saturated heterocycles. The van der Waals surface area contributed by atoms with Gasteiger partial charge < -0.3 is 14.9 Å². The first-order valence-electron chi connectivity index (χ1n) is 12.1. The van der Waals surface area contributed by atoms with Crippen LogP contribution in [0.1, 0.15) is 129 Å². The lowest BCUT2D eigenvalue weighted by molar-refractivity contribution is -0.147. The van der Waals surface area contributed by atoms with Crippen LogP contribution in [0, 0.1) is 0 Å². The normalized spacial score (nSPS) is 12.2. The zero-order chi connectivity index (χ0) is 20.7. The van der Waals surface area contributed by atoms with Gasteiger partial charge in [-0.3, -0.25) is 4.79 Å². The molecule has 2 N–H and O–H groups in total. The molecule has 0 heterocycles. The summed E-state index contributed by atoms with van der Waals surface area (Å²) in [5, 5.41) is 17.8. The van der Waals surface area contributed by atoms with Crippen LogP contribution in [0.25, 0.3) is 0 Å². The number of hydrogen-bond donors (Lipinski definition) is 2. The Kier molecular flexibility index (Phi) is 22.2. The molecular weight excluding hydrogens is 352 g/mol. The molecule has 0 aromatic carbocycles. The van der Waals surface area contributed by atoms with E-state index >= 15 is 0 Å². The number of unbranched alkanes of at least 4 members (excludes halogenated alkanes) is 17. The summed E-state index contributed by atoms with van der Waals surface area (Å²) in [5.41, 5.74) is 0. The predicted octanol–water partition coefficient (Wildman–Crippen LogP) is 6.31. The van der Waals surface area contributed by atoms with Crippen molar-refractivity contribution < 1.29 is 19.7 Å². The lowest BCUT2D eigenvalue weighted by atomic mass is 10.0. The minimum Gasteiger partial charge on any atom is -0.463 e. The molecule has 0 aliphatic rings. The van der Waals surface area contributed by atoms with Gasteiger partial charge in [0.25, 0.3) is 0 Å². The van der Waals surface area contributed by atoms with Gasteiger partial charge in [0.15, 0.2) is 0 Å². The van der Waals surface area contributed by atoms with Gasteiger partial charge in [-0.2, -0.15) is 0 Å². The summed E-state index contributed by atoms with van der Waals surface area (Å²) in [6, 6.07) is 0. The van der Waals surface area contributed by atoms with E-state index in [-0.39, 0.29) is 19.2 Å². The van der Waals surface area contributed by atoms with Crippen LogP contribution in [0.5, 0.6) is 0 Å². The number of carbonyl (C=O) groups is 1. The van der Waals surface area contributed by atoms with Crippen LogP contribution < -0.4 is 0 Å². The summed E-state index contributed by atoms with van der Waals surface area (Å²) in [5.74, 6) is -0.274. The second-order valence-electron chi connectivity index (χ2n) is 8.28. The van der Waals surface area contributed by atoms with Crippen molar-refractivity contribution in [2.24, 2.45) is 0 Å². The maximum Gasteiger partial charge on any atom is 0.305 e. The number of hydrogen-bond acceptors (Lipinski definition) is 4. The standard InChI is InChI=1S/C24H48O4/c1-2-3-4-5-6-7-8-9-10-11-12-13-14-15-16-17-18-19-20-24(27)28-22-23(26)21-25/h23,25-26H,2-22H2,1H3/t23-/m0/s1. The van der Waals surface area contributed by atoms with Gasteiger partial charge in [-0.15, -0.1) is 0 Å². The predicted molar refractivity (Wildman–Crippen MR) is 117 cm³/mol. The lowest BCUT2D eigenvalue weighted by Gasteiger charge is -2.08. The molecule has 0 rings (SSSR count).